The number of rotatable bonds is 8. The lowest BCUT2D eigenvalue weighted by atomic mass is 10.4. The van der Waals surface area contributed by atoms with E-state index in [4.69, 9.17) is 4.74 Å². The zero-order chi connectivity index (χ0) is 13.6. The Kier molecular flexibility index (Phi) is 6.79. The maximum atomic E-state index is 11.9. The van der Waals surface area contributed by atoms with Crippen molar-refractivity contribution in [1.29, 1.82) is 0 Å². The molecule has 1 aromatic heterocycles. The third-order valence-electron chi connectivity index (χ3n) is 2.28. The Labute approximate surface area is 121 Å². The number of sulfonamides is 1. The minimum atomic E-state index is -3.40. The predicted molar refractivity (Wildman–Crippen MR) is 77.7 cm³/mol. The van der Waals surface area contributed by atoms with Crippen LogP contribution in [-0.4, -0.2) is 28.2 Å². The summed E-state index contributed by atoms with van der Waals surface area (Å²) in [4.78, 5) is 0. The first kappa shape index (κ1) is 16.1. The molecule has 1 N–H and O–H groups in total. The molecule has 0 bridgehead atoms. The van der Waals surface area contributed by atoms with E-state index < -0.39 is 10.0 Å². The van der Waals surface area contributed by atoms with Gasteiger partial charge in [0.05, 0.1) is 10.4 Å². The summed E-state index contributed by atoms with van der Waals surface area (Å²) in [6.07, 6.45) is 2.08. The maximum Gasteiger partial charge on any atom is 0.250 e. The van der Waals surface area contributed by atoms with Crippen LogP contribution in [-0.2, 0) is 14.8 Å². The molecule has 0 aromatic carbocycles. The van der Waals surface area contributed by atoms with Gasteiger partial charge in [-0.3, -0.25) is 0 Å². The SMILES string of the molecule is CCCCOCCNS(=O)(=O)c1cc(C)c(Br)s1. The summed E-state index contributed by atoms with van der Waals surface area (Å²) in [6.45, 7) is 5.35. The van der Waals surface area contributed by atoms with Crippen LogP contribution >= 0.6 is 27.3 Å². The molecule has 0 amide bonds. The van der Waals surface area contributed by atoms with Crippen molar-refractivity contribution in [1.82, 2.24) is 4.72 Å². The molecule has 7 heteroatoms. The molecule has 0 radical (unpaired) electrons. The average Bonchev–Trinajstić information content (AvgIpc) is 2.65. The van der Waals surface area contributed by atoms with E-state index in [2.05, 4.69) is 27.6 Å². The highest BCUT2D eigenvalue weighted by atomic mass is 79.9. The number of hydrogen-bond acceptors (Lipinski definition) is 4. The fraction of sp³-hybridized carbons (Fsp3) is 0.636. The van der Waals surface area contributed by atoms with E-state index in [0.717, 1.165) is 22.2 Å². The van der Waals surface area contributed by atoms with Crippen LogP contribution in [0, 0.1) is 6.92 Å². The summed E-state index contributed by atoms with van der Waals surface area (Å²) < 4.78 is 32.8. The van der Waals surface area contributed by atoms with Crippen molar-refractivity contribution in [2.45, 2.75) is 30.9 Å². The minimum Gasteiger partial charge on any atom is -0.380 e. The lowest BCUT2D eigenvalue weighted by Gasteiger charge is -2.05. The lowest BCUT2D eigenvalue weighted by molar-refractivity contribution is 0.136. The summed E-state index contributed by atoms with van der Waals surface area (Å²) in [5.41, 5.74) is 0.930. The molecule has 1 rings (SSSR count). The van der Waals surface area contributed by atoms with Gasteiger partial charge in [0, 0.05) is 13.2 Å². The van der Waals surface area contributed by atoms with Gasteiger partial charge in [0.2, 0.25) is 10.0 Å². The molecule has 0 unspecified atom stereocenters. The molecule has 0 saturated carbocycles. The van der Waals surface area contributed by atoms with Gasteiger partial charge in [0.25, 0.3) is 0 Å². The van der Waals surface area contributed by atoms with Gasteiger partial charge >= 0.3 is 0 Å². The Balaban J connectivity index is 2.41. The van der Waals surface area contributed by atoms with Gasteiger partial charge in [0.1, 0.15) is 4.21 Å². The molecule has 0 aliphatic rings. The second-order valence-electron chi connectivity index (χ2n) is 3.89. The van der Waals surface area contributed by atoms with Gasteiger partial charge in [-0.1, -0.05) is 13.3 Å². The van der Waals surface area contributed by atoms with Crippen molar-refractivity contribution in [3.63, 3.8) is 0 Å². The van der Waals surface area contributed by atoms with Crippen LogP contribution in [0.25, 0.3) is 0 Å². The van der Waals surface area contributed by atoms with Gasteiger partial charge in [-0.2, -0.15) is 0 Å². The quantitative estimate of drug-likeness (QED) is 0.729. The number of nitrogens with one attached hydrogen (secondary N) is 1. The van der Waals surface area contributed by atoms with Gasteiger partial charge < -0.3 is 4.74 Å². The van der Waals surface area contributed by atoms with E-state index >= 15 is 0 Å². The summed E-state index contributed by atoms with van der Waals surface area (Å²) in [5, 5.41) is 0. The van der Waals surface area contributed by atoms with E-state index in [9.17, 15) is 8.42 Å². The molecule has 0 fully saturated rings. The first-order chi connectivity index (χ1) is 8.47. The third-order valence-corrected chi connectivity index (χ3v) is 6.35. The van der Waals surface area contributed by atoms with Gasteiger partial charge in [-0.25, -0.2) is 13.1 Å². The number of thiophene rings is 1. The number of unbranched alkanes of at least 4 members (excludes halogenated alkanes) is 1. The zero-order valence-electron chi connectivity index (χ0n) is 10.5. The fourth-order valence-corrected chi connectivity index (χ4v) is 4.52. The smallest absolute Gasteiger partial charge is 0.250 e. The molecule has 104 valence electrons. The standard InChI is InChI=1S/C11H18BrNO3S2/c1-3-4-6-16-7-5-13-18(14,15)10-8-9(2)11(12)17-10/h8,13H,3-7H2,1-2H3. The van der Waals surface area contributed by atoms with E-state index in [1.165, 1.54) is 11.3 Å². The summed E-state index contributed by atoms with van der Waals surface area (Å²) in [6, 6.07) is 1.66. The Morgan fingerprint density at radius 1 is 1.44 bits per heavy atom. The first-order valence-electron chi connectivity index (χ1n) is 5.80. The molecule has 0 atom stereocenters. The second-order valence-corrected chi connectivity index (χ2v) is 8.25. The van der Waals surface area contributed by atoms with Crippen LogP contribution in [0.2, 0.25) is 0 Å². The van der Waals surface area contributed by atoms with Crippen molar-refractivity contribution in [3.05, 3.63) is 15.4 Å². The van der Waals surface area contributed by atoms with E-state index in [1.807, 2.05) is 6.92 Å². The molecule has 1 heterocycles. The van der Waals surface area contributed by atoms with Gasteiger partial charge in [-0.05, 0) is 40.9 Å². The molecule has 0 spiro atoms. The number of halogens is 1. The number of ether oxygens (including phenoxy) is 1. The van der Waals surface area contributed by atoms with Crippen LogP contribution in [0.1, 0.15) is 25.3 Å². The van der Waals surface area contributed by atoms with Crippen molar-refractivity contribution in [2.24, 2.45) is 0 Å². The summed E-state index contributed by atoms with van der Waals surface area (Å²) >= 11 is 4.54. The zero-order valence-corrected chi connectivity index (χ0v) is 13.8. The Morgan fingerprint density at radius 3 is 2.72 bits per heavy atom. The lowest BCUT2D eigenvalue weighted by Crippen LogP contribution is -2.27. The van der Waals surface area contributed by atoms with E-state index in [0.29, 0.717) is 24.0 Å². The molecule has 1 aromatic rings. The summed E-state index contributed by atoms with van der Waals surface area (Å²) in [5.74, 6) is 0. The van der Waals surface area contributed by atoms with Crippen LogP contribution in [0.4, 0.5) is 0 Å². The number of hydrogen-bond donors (Lipinski definition) is 1. The monoisotopic (exact) mass is 355 g/mol. The molecule has 4 nitrogen and oxygen atoms in total. The highest BCUT2D eigenvalue weighted by molar-refractivity contribution is 9.11. The Hall–Kier alpha value is 0.0500. The van der Waals surface area contributed by atoms with Crippen molar-refractivity contribution in [2.75, 3.05) is 19.8 Å². The third kappa shape index (κ3) is 4.97. The molecule has 0 saturated heterocycles. The Morgan fingerprint density at radius 2 is 2.17 bits per heavy atom. The Bertz CT molecular complexity index is 451. The molecule has 0 aliphatic heterocycles. The first-order valence-corrected chi connectivity index (χ1v) is 8.90. The van der Waals surface area contributed by atoms with Gasteiger partial charge in [0.15, 0.2) is 0 Å². The predicted octanol–water partition coefficient (Wildman–Crippen LogP) is 2.91. The van der Waals surface area contributed by atoms with Crippen molar-refractivity contribution >= 4 is 37.3 Å². The van der Waals surface area contributed by atoms with Crippen LogP contribution in [0.3, 0.4) is 0 Å². The molecular formula is C11H18BrNO3S2. The summed E-state index contributed by atoms with van der Waals surface area (Å²) in [7, 11) is -3.40. The second kappa shape index (κ2) is 7.59. The average molecular weight is 356 g/mol. The van der Waals surface area contributed by atoms with Crippen molar-refractivity contribution in [3.8, 4) is 0 Å². The fourth-order valence-electron chi connectivity index (χ4n) is 1.23. The molecular weight excluding hydrogens is 338 g/mol. The highest BCUT2D eigenvalue weighted by Gasteiger charge is 2.17. The maximum absolute atomic E-state index is 11.9. The van der Waals surface area contributed by atoms with E-state index in [-0.39, 0.29) is 0 Å². The normalized spacial score (nSPS) is 11.9. The van der Waals surface area contributed by atoms with Gasteiger partial charge in [-0.15, -0.1) is 11.3 Å². The molecule has 0 aliphatic carbocycles. The highest BCUT2D eigenvalue weighted by Crippen LogP contribution is 2.30. The molecule has 18 heavy (non-hydrogen) atoms. The van der Waals surface area contributed by atoms with Crippen molar-refractivity contribution < 1.29 is 13.2 Å². The van der Waals surface area contributed by atoms with Crippen LogP contribution in [0.15, 0.2) is 14.1 Å². The van der Waals surface area contributed by atoms with Crippen LogP contribution < -0.4 is 4.72 Å². The largest absolute Gasteiger partial charge is 0.380 e. The minimum absolute atomic E-state index is 0.306. The topological polar surface area (TPSA) is 55.4 Å². The number of aryl methyl sites for hydroxylation is 1. The van der Waals surface area contributed by atoms with E-state index in [1.54, 1.807) is 6.07 Å². The van der Waals surface area contributed by atoms with Crippen LogP contribution in [0.5, 0.6) is 0 Å².